The van der Waals surface area contributed by atoms with Gasteiger partial charge >= 0.3 is 0 Å². The lowest BCUT2D eigenvalue weighted by Crippen LogP contribution is -2.26. The largest absolute Gasteiger partial charge is 0.395 e. The zero-order chi connectivity index (χ0) is 9.97. The molecule has 7 heteroatoms. The third kappa shape index (κ3) is 1.47. The number of rotatable bonds is 3. The van der Waals surface area contributed by atoms with Crippen LogP contribution in [0.3, 0.4) is 0 Å². The minimum Gasteiger partial charge on any atom is -0.395 e. The van der Waals surface area contributed by atoms with Gasteiger partial charge in [0.15, 0.2) is 0 Å². The number of hydrogen-bond acceptors (Lipinski definition) is 6. The van der Waals surface area contributed by atoms with Crippen molar-refractivity contribution >= 4 is 22.5 Å². The van der Waals surface area contributed by atoms with Crippen molar-refractivity contribution in [1.29, 1.82) is 0 Å². The maximum atomic E-state index is 11.5. The van der Waals surface area contributed by atoms with Gasteiger partial charge in [0.1, 0.15) is 10.9 Å². The van der Waals surface area contributed by atoms with Gasteiger partial charge in [0.2, 0.25) is 4.96 Å². The van der Waals surface area contributed by atoms with E-state index in [2.05, 4.69) is 15.4 Å². The molecule has 0 aliphatic heterocycles. The third-order valence-electron chi connectivity index (χ3n) is 1.61. The zero-order valence-electron chi connectivity index (χ0n) is 7.17. The summed E-state index contributed by atoms with van der Waals surface area (Å²) in [6.07, 6.45) is 2.91. The van der Waals surface area contributed by atoms with Crippen LogP contribution in [0, 0.1) is 0 Å². The van der Waals surface area contributed by atoms with E-state index in [1.165, 1.54) is 22.2 Å². The van der Waals surface area contributed by atoms with Crippen LogP contribution in [0.5, 0.6) is 0 Å². The lowest BCUT2D eigenvalue weighted by molar-refractivity contribution is 0.300. The number of nitrogens with zero attached hydrogens (tertiary/aromatic N) is 3. The van der Waals surface area contributed by atoms with Gasteiger partial charge in [-0.1, -0.05) is 11.3 Å². The van der Waals surface area contributed by atoms with E-state index in [9.17, 15) is 4.79 Å². The number of hydrogen-bond donors (Lipinski definition) is 2. The first-order chi connectivity index (χ1) is 6.83. The average Bonchev–Trinajstić information content (AvgIpc) is 2.72. The first-order valence-corrected chi connectivity index (χ1v) is 4.81. The molecule has 0 aromatic carbocycles. The van der Waals surface area contributed by atoms with Gasteiger partial charge in [-0.2, -0.15) is 9.61 Å². The average molecular weight is 212 g/mol. The zero-order valence-corrected chi connectivity index (χ0v) is 7.99. The van der Waals surface area contributed by atoms with Crippen molar-refractivity contribution in [1.82, 2.24) is 19.9 Å². The molecule has 2 heterocycles. The number of nitrogens with one attached hydrogen (secondary N) is 1. The Balaban J connectivity index is 2.42. The Labute approximate surface area is 82.5 Å². The Morgan fingerprint density at radius 2 is 2.57 bits per heavy atom. The Hall–Kier alpha value is -1.47. The first kappa shape index (κ1) is 9.10. The fraction of sp³-hybridized carbons (Fsp3) is 0.286. The molecule has 2 aromatic heterocycles. The fourth-order valence-electron chi connectivity index (χ4n) is 1.01. The van der Waals surface area contributed by atoms with Gasteiger partial charge in [-0.25, -0.2) is 4.98 Å². The number of fused-ring (bicyclic) bond motifs is 1. The minimum atomic E-state index is -0.187. The highest BCUT2D eigenvalue weighted by Gasteiger charge is 2.03. The molecular weight excluding hydrogens is 204 g/mol. The van der Waals surface area contributed by atoms with Crippen LogP contribution in [-0.4, -0.2) is 32.9 Å². The predicted octanol–water partition coefficient (Wildman–Crippen LogP) is -1.81. The van der Waals surface area contributed by atoms with E-state index in [4.69, 9.17) is 5.11 Å². The molecule has 6 nitrogen and oxygen atoms in total. The molecule has 0 atom stereocenters. The van der Waals surface area contributed by atoms with E-state index in [0.717, 1.165) is 0 Å². The summed E-state index contributed by atoms with van der Waals surface area (Å²) >= 11 is 1.26. The van der Waals surface area contributed by atoms with E-state index < -0.39 is 0 Å². The van der Waals surface area contributed by atoms with E-state index in [1.807, 2.05) is 0 Å². The minimum absolute atomic E-state index is 0.0332. The van der Waals surface area contributed by atoms with Crippen molar-refractivity contribution in [3.8, 4) is 0 Å². The summed E-state index contributed by atoms with van der Waals surface area (Å²) in [5.41, 5.74) is -0.187. The molecule has 0 saturated heterocycles. The smallest absolute Gasteiger partial charge is 0.292 e. The van der Waals surface area contributed by atoms with Gasteiger partial charge in [-0.3, -0.25) is 4.79 Å². The van der Waals surface area contributed by atoms with E-state index >= 15 is 0 Å². The Kier molecular flexibility index (Phi) is 2.42. The molecule has 0 spiro atoms. The third-order valence-corrected chi connectivity index (χ3v) is 2.58. The number of thiazole rings is 1. The van der Waals surface area contributed by atoms with Crippen LogP contribution >= 0.6 is 11.3 Å². The quantitative estimate of drug-likeness (QED) is 0.586. The molecule has 0 amide bonds. The number of aliphatic hydroxyl groups excluding tert-OH is 1. The summed E-state index contributed by atoms with van der Waals surface area (Å²) in [5.74, 6) is 0. The molecule has 0 radical (unpaired) electrons. The van der Waals surface area contributed by atoms with Crippen molar-refractivity contribution in [2.24, 2.45) is 0 Å². The summed E-state index contributed by atoms with van der Waals surface area (Å²) in [6, 6.07) is 0. The van der Waals surface area contributed by atoms with Crippen molar-refractivity contribution in [3.63, 3.8) is 0 Å². The fourth-order valence-corrected chi connectivity index (χ4v) is 1.84. The van der Waals surface area contributed by atoms with Crippen LogP contribution in [0.4, 0.5) is 0 Å². The summed E-state index contributed by atoms with van der Waals surface area (Å²) in [6.45, 7) is 0.457. The molecule has 0 aliphatic rings. The van der Waals surface area contributed by atoms with E-state index in [-0.39, 0.29) is 12.2 Å². The highest BCUT2D eigenvalue weighted by molar-refractivity contribution is 7.14. The molecule has 0 aliphatic carbocycles. The molecule has 0 fully saturated rings. The second-order valence-electron chi connectivity index (χ2n) is 2.55. The second-order valence-corrected chi connectivity index (χ2v) is 3.56. The maximum Gasteiger partial charge on any atom is 0.292 e. The van der Waals surface area contributed by atoms with Gasteiger partial charge in [-0.05, 0) is 0 Å². The van der Waals surface area contributed by atoms with Crippen LogP contribution in [-0.2, 0) is 0 Å². The van der Waals surface area contributed by atoms with E-state index in [0.29, 0.717) is 16.0 Å². The molecule has 2 rings (SSSR count). The van der Waals surface area contributed by atoms with Crippen molar-refractivity contribution in [2.45, 2.75) is 0 Å². The van der Waals surface area contributed by atoms with Crippen LogP contribution in [0.1, 0.15) is 0 Å². The Morgan fingerprint density at radius 3 is 3.29 bits per heavy atom. The monoisotopic (exact) mass is 212 g/mol. The van der Waals surface area contributed by atoms with Crippen LogP contribution in [0.15, 0.2) is 11.1 Å². The molecule has 0 bridgehead atoms. The van der Waals surface area contributed by atoms with Gasteiger partial charge in [-0.15, -0.1) is 0 Å². The molecule has 2 aromatic rings. The molecular formula is C7H8N4O2S. The van der Waals surface area contributed by atoms with Gasteiger partial charge in [0, 0.05) is 12.7 Å². The lowest BCUT2D eigenvalue weighted by atomic mass is 10.6. The van der Waals surface area contributed by atoms with Crippen molar-refractivity contribution in [3.05, 3.63) is 21.2 Å². The highest BCUT2D eigenvalue weighted by atomic mass is 32.1. The molecule has 74 valence electrons. The molecule has 0 saturated carbocycles. The lowest BCUT2D eigenvalue weighted by Gasteiger charge is -1.91. The van der Waals surface area contributed by atoms with Crippen molar-refractivity contribution < 1.29 is 5.11 Å². The van der Waals surface area contributed by atoms with Crippen molar-refractivity contribution in [2.75, 3.05) is 13.2 Å². The predicted molar refractivity (Wildman–Crippen MR) is 51.9 cm³/mol. The van der Waals surface area contributed by atoms with Crippen LogP contribution < -0.4 is 15.4 Å². The first-order valence-electron chi connectivity index (χ1n) is 4.00. The molecule has 14 heavy (non-hydrogen) atoms. The van der Waals surface area contributed by atoms with Gasteiger partial charge in [0.05, 0.1) is 6.61 Å². The second kappa shape index (κ2) is 3.72. The highest BCUT2D eigenvalue weighted by Crippen LogP contribution is 1.94. The SMILES string of the molecule is O=c1/c(=C/NCCO)sc2ncnn12. The summed E-state index contributed by atoms with van der Waals surface area (Å²) in [5, 5.41) is 15.1. The number of aromatic nitrogens is 3. The van der Waals surface area contributed by atoms with Gasteiger partial charge in [0.25, 0.3) is 5.56 Å². The maximum absolute atomic E-state index is 11.5. The summed E-state index contributed by atoms with van der Waals surface area (Å²) in [7, 11) is 0. The van der Waals surface area contributed by atoms with Crippen LogP contribution in [0.2, 0.25) is 0 Å². The Morgan fingerprint density at radius 1 is 1.71 bits per heavy atom. The molecule has 0 unspecified atom stereocenters. The summed E-state index contributed by atoms with van der Waals surface area (Å²) in [4.78, 5) is 16.0. The van der Waals surface area contributed by atoms with Gasteiger partial charge < -0.3 is 10.4 Å². The summed E-state index contributed by atoms with van der Waals surface area (Å²) < 4.78 is 1.78. The molecule has 2 N–H and O–H groups in total. The Bertz CT molecular complexity index is 531. The van der Waals surface area contributed by atoms with E-state index in [1.54, 1.807) is 6.20 Å². The number of aliphatic hydroxyl groups is 1. The normalized spacial score (nSPS) is 12.5. The van der Waals surface area contributed by atoms with Crippen LogP contribution in [0.25, 0.3) is 11.2 Å². The standard InChI is InChI=1S/C7H8N4O2S/c12-2-1-8-3-5-6(13)11-7(14-5)9-4-10-11/h3-4,8,12H,1-2H2/b5-3-. The topological polar surface area (TPSA) is 79.5 Å².